The smallest absolute Gasteiger partial charge is 0.0621 e. The highest BCUT2D eigenvalue weighted by atomic mass is 35.5. The first kappa shape index (κ1) is 12.2. The second-order valence-corrected chi connectivity index (χ2v) is 5.53. The van der Waals surface area contributed by atoms with Crippen LogP contribution in [0.4, 0.5) is 0 Å². The van der Waals surface area contributed by atoms with E-state index in [0.717, 1.165) is 23.8 Å². The summed E-state index contributed by atoms with van der Waals surface area (Å²) in [5, 5.41) is 1.07. The minimum atomic E-state index is 0.312. The quantitative estimate of drug-likeness (QED) is 0.726. The van der Waals surface area contributed by atoms with Gasteiger partial charge < -0.3 is 0 Å². The van der Waals surface area contributed by atoms with Crippen molar-refractivity contribution in [3.63, 3.8) is 0 Å². The summed E-state index contributed by atoms with van der Waals surface area (Å²) >= 11 is 12.5. The van der Waals surface area contributed by atoms with Gasteiger partial charge in [-0.15, -0.1) is 11.6 Å². The topological polar surface area (TPSA) is 12.9 Å². The first-order valence-corrected chi connectivity index (χ1v) is 6.81. The van der Waals surface area contributed by atoms with E-state index in [9.17, 15) is 0 Å². The van der Waals surface area contributed by atoms with Gasteiger partial charge in [-0.25, -0.2) is 0 Å². The summed E-state index contributed by atoms with van der Waals surface area (Å²) in [6.45, 7) is 0. The summed E-state index contributed by atoms with van der Waals surface area (Å²) < 4.78 is 0. The highest BCUT2D eigenvalue weighted by molar-refractivity contribution is 6.31. The SMILES string of the molecule is Clc1cnccc1CCC(Cl)C1CCCC1. The Hall–Kier alpha value is -0.270. The molecule has 0 spiro atoms. The number of rotatable bonds is 4. The molecule has 0 saturated heterocycles. The lowest BCUT2D eigenvalue weighted by molar-refractivity contribution is 0.492. The van der Waals surface area contributed by atoms with Crippen LogP contribution in [0.25, 0.3) is 0 Å². The van der Waals surface area contributed by atoms with Gasteiger partial charge in [-0.1, -0.05) is 24.4 Å². The van der Waals surface area contributed by atoms with Crippen molar-refractivity contribution in [2.24, 2.45) is 5.92 Å². The molecule has 88 valence electrons. The Morgan fingerprint density at radius 2 is 2.12 bits per heavy atom. The Morgan fingerprint density at radius 1 is 1.38 bits per heavy atom. The van der Waals surface area contributed by atoms with Crippen molar-refractivity contribution in [2.75, 3.05) is 0 Å². The van der Waals surface area contributed by atoms with Gasteiger partial charge in [0.25, 0.3) is 0 Å². The van der Waals surface area contributed by atoms with Crippen molar-refractivity contribution in [1.29, 1.82) is 0 Å². The van der Waals surface area contributed by atoms with E-state index in [1.807, 2.05) is 6.07 Å². The lowest BCUT2D eigenvalue weighted by atomic mass is 9.98. The number of halogens is 2. The number of hydrogen-bond acceptors (Lipinski definition) is 1. The minimum absolute atomic E-state index is 0.312. The van der Waals surface area contributed by atoms with Gasteiger partial charge in [0.1, 0.15) is 0 Å². The van der Waals surface area contributed by atoms with Crippen LogP contribution in [0.15, 0.2) is 18.5 Å². The van der Waals surface area contributed by atoms with Crippen LogP contribution in [0.3, 0.4) is 0 Å². The van der Waals surface area contributed by atoms with Gasteiger partial charge in [-0.05, 0) is 43.2 Å². The summed E-state index contributed by atoms with van der Waals surface area (Å²) in [4.78, 5) is 3.98. The third-order valence-electron chi connectivity index (χ3n) is 3.46. The first-order chi connectivity index (χ1) is 7.77. The summed E-state index contributed by atoms with van der Waals surface area (Å²) in [5.41, 5.74) is 1.17. The molecule has 1 heterocycles. The van der Waals surface area contributed by atoms with Crippen LogP contribution in [-0.4, -0.2) is 10.4 Å². The first-order valence-electron chi connectivity index (χ1n) is 6.00. The van der Waals surface area contributed by atoms with E-state index in [-0.39, 0.29) is 0 Å². The molecule has 2 rings (SSSR count). The van der Waals surface area contributed by atoms with Gasteiger partial charge >= 0.3 is 0 Å². The van der Waals surface area contributed by atoms with Crippen LogP contribution in [0.1, 0.15) is 37.7 Å². The Morgan fingerprint density at radius 3 is 2.81 bits per heavy atom. The third kappa shape index (κ3) is 3.11. The Bertz CT molecular complexity index is 334. The molecule has 1 aliphatic carbocycles. The van der Waals surface area contributed by atoms with E-state index in [2.05, 4.69) is 4.98 Å². The van der Waals surface area contributed by atoms with E-state index < -0.39 is 0 Å². The largest absolute Gasteiger partial charge is 0.263 e. The lowest BCUT2D eigenvalue weighted by Gasteiger charge is -2.16. The maximum Gasteiger partial charge on any atom is 0.0621 e. The molecule has 1 nitrogen and oxygen atoms in total. The fraction of sp³-hybridized carbons (Fsp3) is 0.615. The maximum absolute atomic E-state index is 6.43. The predicted molar refractivity (Wildman–Crippen MR) is 69.2 cm³/mol. The Balaban J connectivity index is 1.84. The number of hydrogen-bond donors (Lipinski definition) is 0. The summed E-state index contributed by atoms with van der Waals surface area (Å²) in [6.07, 6.45) is 10.8. The van der Waals surface area contributed by atoms with Crippen molar-refractivity contribution in [3.8, 4) is 0 Å². The second kappa shape index (κ2) is 5.88. The van der Waals surface area contributed by atoms with Crippen molar-refractivity contribution < 1.29 is 0 Å². The number of aryl methyl sites for hydroxylation is 1. The Labute approximate surface area is 107 Å². The third-order valence-corrected chi connectivity index (χ3v) is 4.37. The number of pyridine rings is 1. The molecule has 1 saturated carbocycles. The molecule has 0 bridgehead atoms. The molecular formula is C13H17Cl2N. The van der Waals surface area contributed by atoms with Gasteiger partial charge in [0.05, 0.1) is 5.02 Å². The van der Waals surface area contributed by atoms with Gasteiger partial charge in [0, 0.05) is 17.8 Å². The van der Waals surface area contributed by atoms with Crippen LogP contribution < -0.4 is 0 Å². The zero-order chi connectivity index (χ0) is 11.4. The molecule has 3 heteroatoms. The van der Waals surface area contributed by atoms with Gasteiger partial charge in [-0.3, -0.25) is 4.98 Å². The van der Waals surface area contributed by atoms with E-state index in [1.54, 1.807) is 12.4 Å². The lowest BCUT2D eigenvalue weighted by Crippen LogP contribution is -2.12. The predicted octanol–water partition coefficient (Wildman–Crippen LogP) is 4.47. The molecule has 1 atom stereocenters. The van der Waals surface area contributed by atoms with Crippen LogP contribution in [0, 0.1) is 5.92 Å². The maximum atomic E-state index is 6.43. The standard InChI is InChI=1S/C13H17Cl2N/c14-12(10-3-1-2-4-10)6-5-11-7-8-16-9-13(11)15/h7-10,12H,1-6H2. The zero-order valence-corrected chi connectivity index (χ0v) is 10.8. The Kier molecular flexibility index (Phi) is 4.48. The van der Waals surface area contributed by atoms with Crippen LogP contribution in [0.2, 0.25) is 5.02 Å². The molecule has 0 amide bonds. The fourth-order valence-corrected chi connectivity index (χ4v) is 3.03. The fourth-order valence-electron chi connectivity index (χ4n) is 2.45. The van der Waals surface area contributed by atoms with Crippen LogP contribution in [-0.2, 0) is 6.42 Å². The van der Waals surface area contributed by atoms with Gasteiger partial charge in [0.2, 0.25) is 0 Å². The highest BCUT2D eigenvalue weighted by Crippen LogP contribution is 2.32. The monoisotopic (exact) mass is 257 g/mol. The highest BCUT2D eigenvalue weighted by Gasteiger charge is 2.22. The van der Waals surface area contributed by atoms with E-state index in [4.69, 9.17) is 23.2 Å². The van der Waals surface area contributed by atoms with E-state index in [1.165, 1.54) is 31.2 Å². The van der Waals surface area contributed by atoms with Crippen molar-refractivity contribution >= 4 is 23.2 Å². The van der Waals surface area contributed by atoms with Crippen LogP contribution in [0.5, 0.6) is 0 Å². The van der Waals surface area contributed by atoms with Crippen LogP contribution >= 0.6 is 23.2 Å². The van der Waals surface area contributed by atoms with Crippen molar-refractivity contribution in [2.45, 2.75) is 43.9 Å². The molecule has 16 heavy (non-hydrogen) atoms. The molecule has 1 fully saturated rings. The molecule has 0 aromatic carbocycles. The summed E-state index contributed by atoms with van der Waals surface area (Å²) in [7, 11) is 0. The number of aromatic nitrogens is 1. The number of nitrogens with zero attached hydrogens (tertiary/aromatic N) is 1. The van der Waals surface area contributed by atoms with Crippen molar-refractivity contribution in [1.82, 2.24) is 4.98 Å². The molecule has 1 unspecified atom stereocenters. The zero-order valence-electron chi connectivity index (χ0n) is 9.33. The molecule has 0 radical (unpaired) electrons. The summed E-state index contributed by atoms with van der Waals surface area (Å²) in [5.74, 6) is 0.724. The molecule has 1 aromatic rings. The van der Waals surface area contributed by atoms with E-state index in [0.29, 0.717) is 5.38 Å². The summed E-state index contributed by atoms with van der Waals surface area (Å²) in [6, 6.07) is 1.99. The number of alkyl halides is 1. The second-order valence-electron chi connectivity index (χ2n) is 4.57. The molecule has 0 N–H and O–H groups in total. The molecule has 1 aliphatic rings. The normalized spacial score (nSPS) is 18.9. The van der Waals surface area contributed by atoms with Gasteiger partial charge in [-0.2, -0.15) is 0 Å². The van der Waals surface area contributed by atoms with Crippen molar-refractivity contribution in [3.05, 3.63) is 29.0 Å². The average molecular weight is 258 g/mol. The molecule has 1 aromatic heterocycles. The van der Waals surface area contributed by atoms with Gasteiger partial charge in [0.15, 0.2) is 0 Å². The van der Waals surface area contributed by atoms with E-state index >= 15 is 0 Å². The average Bonchev–Trinajstić information content (AvgIpc) is 2.81. The molecule has 0 aliphatic heterocycles. The molecular weight excluding hydrogens is 241 g/mol. The minimum Gasteiger partial charge on any atom is -0.263 e.